The van der Waals surface area contributed by atoms with Gasteiger partial charge in [-0.3, -0.25) is 9.48 Å². The van der Waals surface area contributed by atoms with Gasteiger partial charge in [0, 0.05) is 54.2 Å². The molecule has 0 spiro atoms. The summed E-state index contributed by atoms with van der Waals surface area (Å²) < 4.78 is 31.5. The molecule has 0 saturated carbocycles. The number of aliphatic hydroxyl groups is 1. The van der Waals surface area contributed by atoms with E-state index in [1.54, 1.807) is 18.7 Å². The summed E-state index contributed by atoms with van der Waals surface area (Å²) in [5.41, 5.74) is -0.0547. The van der Waals surface area contributed by atoms with Gasteiger partial charge in [0.15, 0.2) is 0 Å². The fourth-order valence-electron chi connectivity index (χ4n) is 5.06. The number of carbonyl (C=O) groups excluding carboxylic acids is 1. The van der Waals surface area contributed by atoms with E-state index >= 15 is 0 Å². The number of nitrogens with zero attached hydrogens (tertiary/aromatic N) is 7. The molecule has 1 N–H and O–H groups in total. The summed E-state index contributed by atoms with van der Waals surface area (Å²) >= 11 is 6.00. The van der Waals surface area contributed by atoms with Gasteiger partial charge in [0.25, 0.3) is 5.91 Å². The van der Waals surface area contributed by atoms with Crippen molar-refractivity contribution in [2.45, 2.75) is 32.0 Å². The van der Waals surface area contributed by atoms with Gasteiger partial charge in [0.2, 0.25) is 0 Å². The fraction of sp³-hybridized carbons (Fsp3) is 0.333. The molecule has 0 unspecified atom stereocenters. The summed E-state index contributed by atoms with van der Waals surface area (Å²) in [6.07, 6.45) is 4.17. The van der Waals surface area contributed by atoms with Gasteiger partial charge in [0.1, 0.15) is 29.9 Å². The van der Waals surface area contributed by atoms with Gasteiger partial charge >= 0.3 is 0 Å². The van der Waals surface area contributed by atoms with E-state index < -0.39 is 23.3 Å². The molecule has 2 atom stereocenters. The van der Waals surface area contributed by atoms with E-state index in [2.05, 4.69) is 20.1 Å². The molecule has 204 valence electrons. The number of carbonyl (C=O) groups is 1. The maximum Gasteiger partial charge on any atom is 0.257 e. The number of halogens is 3. The lowest BCUT2D eigenvalue weighted by Gasteiger charge is -2.36. The van der Waals surface area contributed by atoms with Gasteiger partial charge in [-0.2, -0.15) is 10.2 Å². The zero-order chi connectivity index (χ0) is 27.7. The highest BCUT2D eigenvalue weighted by Crippen LogP contribution is 2.37. The van der Waals surface area contributed by atoms with Crippen LogP contribution in [0, 0.1) is 18.6 Å². The predicted molar refractivity (Wildman–Crippen MR) is 142 cm³/mol. The quantitative estimate of drug-likeness (QED) is 0.373. The lowest BCUT2D eigenvalue weighted by atomic mass is 9.86. The highest BCUT2D eigenvalue weighted by Gasteiger charge is 2.42. The number of anilines is 1. The Morgan fingerprint density at radius 1 is 1.10 bits per heavy atom. The molecule has 0 radical (unpaired) electrons. The maximum absolute atomic E-state index is 15.0. The molecule has 1 saturated heterocycles. The first-order valence-corrected chi connectivity index (χ1v) is 12.9. The van der Waals surface area contributed by atoms with Crippen LogP contribution in [0.2, 0.25) is 5.02 Å². The van der Waals surface area contributed by atoms with Crippen molar-refractivity contribution in [3.05, 3.63) is 94.8 Å². The number of hydrogen-bond acceptors (Lipinski definition) is 6. The zero-order valence-corrected chi connectivity index (χ0v) is 22.3. The smallest absolute Gasteiger partial charge is 0.257 e. The van der Waals surface area contributed by atoms with Crippen molar-refractivity contribution in [1.29, 1.82) is 0 Å². The second kappa shape index (κ2) is 10.7. The summed E-state index contributed by atoms with van der Waals surface area (Å²) in [4.78, 5) is 21.3. The number of hydrogen-bond donors (Lipinski definition) is 1. The maximum atomic E-state index is 15.0. The molecule has 5 rings (SSSR count). The Morgan fingerprint density at radius 3 is 2.46 bits per heavy atom. The number of benzene rings is 2. The van der Waals surface area contributed by atoms with Crippen LogP contribution < -0.4 is 4.90 Å². The van der Waals surface area contributed by atoms with Crippen LogP contribution in [-0.4, -0.2) is 66.6 Å². The van der Waals surface area contributed by atoms with E-state index in [0.29, 0.717) is 42.5 Å². The van der Waals surface area contributed by atoms with Gasteiger partial charge < -0.3 is 14.9 Å². The second-order valence-corrected chi connectivity index (χ2v) is 10.1. The fourth-order valence-corrected chi connectivity index (χ4v) is 5.19. The van der Waals surface area contributed by atoms with Crippen molar-refractivity contribution in [3.8, 4) is 0 Å². The molecular weight excluding hydrogens is 528 g/mol. The molecule has 1 fully saturated rings. The number of aromatic nitrogens is 5. The molecule has 0 bridgehead atoms. The van der Waals surface area contributed by atoms with Crippen LogP contribution in [-0.2, 0) is 12.1 Å². The van der Waals surface area contributed by atoms with Gasteiger partial charge in [-0.15, -0.1) is 0 Å². The Kier molecular flexibility index (Phi) is 7.37. The van der Waals surface area contributed by atoms with E-state index in [1.807, 2.05) is 24.3 Å². The summed E-state index contributed by atoms with van der Waals surface area (Å²) in [7, 11) is 0. The molecule has 1 aliphatic rings. The summed E-state index contributed by atoms with van der Waals surface area (Å²) in [6.45, 7) is 5.61. The number of rotatable bonds is 7. The van der Waals surface area contributed by atoms with Gasteiger partial charge in [0.05, 0.1) is 24.3 Å². The Hall–Kier alpha value is -3.83. The lowest BCUT2D eigenvalue weighted by Crippen LogP contribution is -2.49. The van der Waals surface area contributed by atoms with Crippen LogP contribution in [0.25, 0.3) is 0 Å². The van der Waals surface area contributed by atoms with Crippen molar-refractivity contribution in [1.82, 2.24) is 29.4 Å². The molecule has 2 aromatic heterocycles. The normalized spacial score (nSPS) is 16.3. The zero-order valence-electron chi connectivity index (χ0n) is 21.5. The molecule has 4 aromatic rings. The molecule has 2 aromatic carbocycles. The molecule has 9 nitrogen and oxygen atoms in total. The van der Waals surface area contributed by atoms with E-state index in [0.717, 1.165) is 17.8 Å². The topological polar surface area (TPSA) is 92.3 Å². The highest BCUT2D eigenvalue weighted by molar-refractivity contribution is 6.30. The van der Waals surface area contributed by atoms with Crippen LogP contribution >= 0.6 is 11.6 Å². The minimum absolute atomic E-state index is 0.118. The van der Waals surface area contributed by atoms with Gasteiger partial charge in [-0.05, 0) is 44.2 Å². The SMILES string of the molecule is Cc1c(C(=O)N2CCN(c3ccc(Cl)cc3)CC2)cnn1[C@H](C)[C@](O)(Cn1cncn1)c1ccc(F)cc1F. The molecule has 1 aliphatic heterocycles. The van der Waals surface area contributed by atoms with Crippen molar-refractivity contribution in [3.63, 3.8) is 0 Å². The minimum Gasteiger partial charge on any atom is -0.381 e. The van der Waals surface area contributed by atoms with E-state index in [1.165, 1.54) is 34.3 Å². The Balaban J connectivity index is 1.38. The molecule has 12 heteroatoms. The Morgan fingerprint density at radius 2 is 1.82 bits per heavy atom. The third kappa shape index (κ3) is 5.24. The third-order valence-corrected chi connectivity index (χ3v) is 7.61. The molecule has 3 heterocycles. The Bertz CT molecular complexity index is 1450. The molecule has 39 heavy (non-hydrogen) atoms. The van der Waals surface area contributed by atoms with Crippen LogP contribution in [0.4, 0.5) is 14.5 Å². The van der Waals surface area contributed by atoms with E-state index in [4.69, 9.17) is 11.6 Å². The number of amides is 1. The lowest BCUT2D eigenvalue weighted by molar-refractivity contribution is -0.0375. The summed E-state index contributed by atoms with van der Waals surface area (Å²) in [5.74, 6) is -1.83. The number of piperazine rings is 1. The minimum atomic E-state index is -1.90. The molecular formula is C27H28ClF2N7O2. The van der Waals surface area contributed by atoms with Crippen LogP contribution in [0.3, 0.4) is 0 Å². The Labute approximate surface area is 229 Å². The van der Waals surface area contributed by atoms with E-state index in [-0.39, 0.29) is 18.0 Å². The average Bonchev–Trinajstić information content (AvgIpc) is 3.57. The van der Waals surface area contributed by atoms with Crippen molar-refractivity contribution in [2.75, 3.05) is 31.1 Å². The van der Waals surface area contributed by atoms with Crippen LogP contribution in [0.5, 0.6) is 0 Å². The monoisotopic (exact) mass is 555 g/mol. The van der Waals surface area contributed by atoms with Crippen molar-refractivity contribution in [2.24, 2.45) is 0 Å². The first kappa shape index (κ1) is 26.8. The van der Waals surface area contributed by atoms with Gasteiger partial charge in [-0.25, -0.2) is 18.4 Å². The molecule has 0 aliphatic carbocycles. The summed E-state index contributed by atoms with van der Waals surface area (Å²) in [5, 5.41) is 21.0. The van der Waals surface area contributed by atoms with Crippen LogP contribution in [0.1, 0.15) is 34.6 Å². The average molecular weight is 556 g/mol. The predicted octanol–water partition coefficient (Wildman–Crippen LogP) is 3.83. The van der Waals surface area contributed by atoms with Crippen molar-refractivity contribution >= 4 is 23.2 Å². The first-order chi connectivity index (χ1) is 18.7. The summed E-state index contributed by atoms with van der Waals surface area (Å²) in [6, 6.07) is 9.77. The molecule has 1 amide bonds. The first-order valence-electron chi connectivity index (χ1n) is 12.5. The van der Waals surface area contributed by atoms with Crippen LogP contribution in [0.15, 0.2) is 61.3 Å². The highest BCUT2D eigenvalue weighted by atomic mass is 35.5. The standard InChI is InChI=1S/C27H28ClF2N7O2/c1-18-23(26(38)35-11-9-34(10-12-35)22-6-3-20(28)4-7-22)14-32-37(18)19(2)27(39,15-36-17-31-16-33-36)24-8-5-21(29)13-25(24)30/h3-8,13-14,16-17,19,39H,9-12,15H2,1-2H3/t19-,27-/m1/s1. The second-order valence-electron chi connectivity index (χ2n) is 9.66. The third-order valence-electron chi connectivity index (χ3n) is 7.36. The van der Waals surface area contributed by atoms with Gasteiger partial charge in [-0.1, -0.05) is 17.7 Å². The largest absolute Gasteiger partial charge is 0.381 e. The van der Waals surface area contributed by atoms with E-state index in [9.17, 15) is 18.7 Å². The van der Waals surface area contributed by atoms with Crippen molar-refractivity contribution < 1.29 is 18.7 Å².